The molecule has 0 bridgehead atoms. The van der Waals surface area contributed by atoms with Gasteiger partial charge in [0, 0.05) is 29.4 Å². The summed E-state index contributed by atoms with van der Waals surface area (Å²) in [6.07, 6.45) is 1.87. The normalized spacial score (nSPS) is 14.2. The fourth-order valence-corrected chi connectivity index (χ4v) is 3.98. The Bertz CT molecular complexity index is 1350. The second kappa shape index (κ2) is 9.53. The van der Waals surface area contributed by atoms with Crippen LogP contribution in [0.4, 0.5) is 11.4 Å². The maximum atomic E-state index is 13.3. The number of hydrogen-bond acceptors (Lipinski definition) is 5. The predicted molar refractivity (Wildman–Crippen MR) is 131 cm³/mol. The van der Waals surface area contributed by atoms with E-state index in [0.29, 0.717) is 34.8 Å². The Kier molecular flexibility index (Phi) is 6.12. The van der Waals surface area contributed by atoms with Gasteiger partial charge in [0.1, 0.15) is 5.75 Å². The molecule has 0 atom stereocenters. The van der Waals surface area contributed by atoms with Crippen LogP contribution in [0.25, 0.3) is 0 Å². The monoisotopic (exact) mass is 485 g/mol. The van der Waals surface area contributed by atoms with Gasteiger partial charge in [-0.15, -0.1) is 0 Å². The Hall–Kier alpha value is -4.66. The van der Waals surface area contributed by atoms with E-state index in [-0.39, 0.29) is 35.9 Å². The van der Waals surface area contributed by atoms with Gasteiger partial charge in [-0.3, -0.25) is 14.4 Å². The molecule has 0 spiro atoms. The van der Waals surface area contributed by atoms with Crippen LogP contribution < -0.4 is 15.4 Å². The molecule has 2 aliphatic rings. The van der Waals surface area contributed by atoms with Crippen LogP contribution in [0.1, 0.15) is 49.5 Å². The number of nitrogens with one attached hydrogen (secondary N) is 2. The quantitative estimate of drug-likeness (QED) is 0.468. The third-order valence-electron chi connectivity index (χ3n) is 6.07. The first-order chi connectivity index (χ1) is 17.4. The number of hydrogen-bond donors (Lipinski definition) is 3. The molecule has 0 aromatic heterocycles. The first kappa shape index (κ1) is 23.1. The van der Waals surface area contributed by atoms with Crippen molar-refractivity contribution in [3.05, 3.63) is 89.0 Å². The number of ether oxygens (including phenoxy) is 1. The molecule has 1 fully saturated rings. The van der Waals surface area contributed by atoms with E-state index in [9.17, 15) is 19.2 Å². The largest absolute Gasteiger partial charge is 0.482 e. The average Bonchev–Trinajstić information content (AvgIpc) is 3.72. The summed E-state index contributed by atoms with van der Waals surface area (Å²) in [7, 11) is 0. The van der Waals surface area contributed by atoms with Crippen molar-refractivity contribution in [3.63, 3.8) is 0 Å². The van der Waals surface area contributed by atoms with Gasteiger partial charge in [0.15, 0.2) is 6.61 Å². The lowest BCUT2D eigenvalue weighted by Crippen LogP contribution is -2.33. The van der Waals surface area contributed by atoms with E-state index in [1.807, 2.05) is 17.0 Å². The first-order valence-corrected chi connectivity index (χ1v) is 11.5. The zero-order chi connectivity index (χ0) is 25.2. The predicted octanol–water partition coefficient (Wildman–Crippen LogP) is 3.77. The van der Waals surface area contributed by atoms with Crippen molar-refractivity contribution in [2.24, 2.45) is 0 Å². The number of amides is 3. The van der Waals surface area contributed by atoms with Crippen molar-refractivity contribution in [1.82, 2.24) is 4.90 Å². The second-order valence-electron chi connectivity index (χ2n) is 8.75. The summed E-state index contributed by atoms with van der Waals surface area (Å²) < 4.78 is 5.45. The van der Waals surface area contributed by atoms with E-state index in [0.717, 1.165) is 18.4 Å². The maximum absolute atomic E-state index is 13.3. The average molecular weight is 485 g/mol. The van der Waals surface area contributed by atoms with Crippen LogP contribution in [-0.2, 0) is 11.3 Å². The van der Waals surface area contributed by atoms with E-state index in [1.54, 1.807) is 30.3 Å². The number of carboxylic acids is 1. The summed E-state index contributed by atoms with van der Waals surface area (Å²) >= 11 is 0. The van der Waals surface area contributed by atoms with Crippen LogP contribution in [-0.4, -0.2) is 46.3 Å². The van der Waals surface area contributed by atoms with Gasteiger partial charge in [-0.1, -0.05) is 12.1 Å². The number of nitrogens with zero attached hydrogens (tertiary/aromatic N) is 1. The van der Waals surface area contributed by atoms with Gasteiger partial charge in [0.2, 0.25) is 0 Å². The molecule has 1 heterocycles. The highest BCUT2D eigenvalue weighted by Gasteiger charge is 2.33. The minimum Gasteiger partial charge on any atom is -0.482 e. The number of aromatic carboxylic acids is 1. The van der Waals surface area contributed by atoms with Gasteiger partial charge in [-0.25, -0.2) is 4.79 Å². The fraction of sp³-hybridized carbons (Fsp3) is 0.185. The number of carbonyl (C=O) groups is 4. The van der Waals surface area contributed by atoms with Crippen molar-refractivity contribution < 1.29 is 29.0 Å². The zero-order valence-corrected chi connectivity index (χ0v) is 19.2. The van der Waals surface area contributed by atoms with Gasteiger partial charge in [0.05, 0.1) is 11.3 Å². The molecular formula is C27H23N3O6. The van der Waals surface area contributed by atoms with Crippen molar-refractivity contribution >= 4 is 35.1 Å². The summed E-state index contributed by atoms with van der Waals surface area (Å²) in [5.74, 6) is -1.22. The summed E-state index contributed by atoms with van der Waals surface area (Å²) in [5.41, 5.74) is 3.00. The molecule has 1 saturated carbocycles. The lowest BCUT2D eigenvalue weighted by molar-refractivity contribution is -0.118. The number of anilines is 2. The van der Waals surface area contributed by atoms with E-state index >= 15 is 0 Å². The lowest BCUT2D eigenvalue weighted by atomic mass is 10.1. The smallest absolute Gasteiger partial charge is 0.335 e. The molecule has 9 heteroatoms. The number of rotatable bonds is 7. The van der Waals surface area contributed by atoms with Crippen molar-refractivity contribution in [1.29, 1.82) is 0 Å². The van der Waals surface area contributed by atoms with Crippen molar-refractivity contribution in [3.8, 4) is 5.75 Å². The molecule has 0 saturated heterocycles. The number of carbonyl (C=O) groups excluding carboxylic acids is 3. The second-order valence-corrected chi connectivity index (χ2v) is 8.75. The molecule has 1 aliphatic heterocycles. The summed E-state index contributed by atoms with van der Waals surface area (Å²) in [6.45, 7) is 0.321. The molecular weight excluding hydrogens is 462 g/mol. The van der Waals surface area contributed by atoms with E-state index in [4.69, 9.17) is 9.84 Å². The molecule has 9 nitrogen and oxygen atoms in total. The third kappa shape index (κ3) is 5.05. The van der Waals surface area contributed by atoms with Crippen LogP contribution >= 0.6 is 0 Å². The molecule has 3 N–H and O–H groups in total. The molecule has 182 valence electrons. The Morgan fingerprint density at radius 3 is 2.28 bits per heavy atom. The van der Waals surface area contributed by atoms with E-state index < -0.39 is 5.97 Å². The molecule has 5 rings (SSSR count). The van der Waals surface area contributed by atoms with E-state index in [2.05, 4.69) is 10.6 Å². The van der Waals surface area contributed by atoms with E-state index in [1.165, 1.54) is 24.3 Å². The molecule has 3 aromatic rings. The highest BCUT2D eigenvalue weighted by atomic mass is 16.5. The van der Waals surface area contributed by atoms with Crippen LogP contribution in [0.3, 0.4) is 0 Å². The SMILES string of the molecule is O=C1COc2cc(C(=O)N(Cc3ccc(C(=O)Nc4ccc(C(=O)O)cc4)cc3)C3CC3)ccc2N1. The molecule has 1 aliphatic carbocycles. The molecule has 0 unspecified atom stereocenters. The number of carboxylic acid groups (broad SMARTS) is 1. The van der Waals surface area contributed by atoms with Gasteiger partial charge in [-0.05, 0) is 73.0 Å². The zero-order valence-electron chi connectivity index (χ0n) is 19.2. The Balaban J connectivity index is 1.25. The number of benzene rings is 3. The van der Waals surface area contributed by atoms with Crippen LogP contribution in [0.2, 0.25) is 0 Å². The van der Waals surface area contributed by atoms with Crippen molar-refractivity contribution in [2.75, 3.05) is 17.2 Å². The first-order valence-electron chi connectivity index (χ1n) is 11.5. The third-order valence-corrected chi connectivity index (χ3v) is 6.07. The minimum atomic E-state index is -1.03. The van der Waals surface area contributed by atoms with Crippen molar-refractivity contribution in [2.45, 2.75) is 25.4 Å². The van der Waals surface area contributed by atoms with Crippen LogP contribution in [0.5, 0.6) is 5.75 Å². The van der Waals surface area contributed by atoms with Gasteiger partial charge in [-0.2, -0.15) is 0 Å². The Morgan fingerprint density at radius 1 is 0.944 bits per heavy atom. The molecule has 3 aromatic carbocycles. The summed E-state index contributed by atoms with van der Waals surface area (Å²) in [6, 6.07) is 18.1. The summed E-state index contributed by atoms with van der Waals surface area (Å²) in [5, 5.41) is 14.5. The van der Waals surface area contributed by atoms with Crippen LogP contribution in [0.15, 0.2) is 66.7 Å². The van der Waals surface area contributed by atoms with Gasteiger partial charge >= 0.3 is 5.97 Å². The Labute approximate surface area is 206 Å². The maximum Gasteiger partial charge on any atom is 0.335 e. The lowest BCUT2D eigenvalue weighted by Gasteiger charge is -2.24. The molecule has 3 amide bonds. The fourth-order valence-electron chi connectivity index (χ4n) is 3.98. The highest BCUT2D eigenvalue weighted by Crippen LogP contribution is 2.33. The standard InChI is InChI=1S/C27H23N3O6/c31-24-15-36-23-13-19(7-12-22(23)29-24)26(33)30(21-10-11-21)14-16-1-3-17(4-2-16)25(32)28-20-8-5-18(6-9-20)27(34)35/h1-9,12-13,21H,10-11,14-15H2,(H,28,32)(H,29,31)(H,34,35). The number of fused-ring (bicyclic) bond motifs is 1. The van der Waals surface area contributed by atoms with Crippen LogP contribution in [0, 0.1) is 0 Å². The topological polar surface area (TPSA) is 125 Å². The van der Waals surface area contributed by atoms with Gasteiger partial charge < -0.3 is 25.4 Å². The molecule has 0 radical (unpaired) electrons. The summed E-state index contributed by atoms with van der Waals surface area (Å²) in [4.78, 5) is 50.2. The Morgan fingerprint density at radius 2 is 1.61 bits per heavy atom. The van der Waals surface area contributed by atoms with Gasteiger partial charge in [0.25, 0.3) is 17.7 Å². The highest BCUT2D eigenvalue weighted by molar-refractivity contribution is 6.04. The minimum absolute atomic E-state index is 0.0788. The molecule has 36 heavy (non-hydrogen) atoms.